The van der Waals surface area contributed by atoms with Crippen LogP contribution >= 0.6 is 11.6 Å². The maximum absolute atomic E-state index is 13.7. The molecule has 3 nitrogen and oxygen atoms in total. The van der Waals surface area contributed by atoms with Crippen LogP contribution in [0.4, 0.5) is 10.1 Å². The smallest absolute Gasteiger partial charge is 0.152 e. The molecular formula is C13H11ClFN3. The van der Waals surface area contributed by atoms with Gasteiger partial charge in [-0.1, -0.05) is 35.9 Å². The highest BCUT2D eigenvalue weighted by molar-refractivity contribution is 6.34. The summed E-state index contributed by atoms with van der Waals surface area (Å²) in [6.07, 6.45) is 0. The highest BCUT2D eigenvalue weighted by Crippen LogP contribution is 2.21. The zero-order valence-corrected chi connectivity index (χ0v) is 10.2. The van der Waals surface area contributed by atoms with Crippen molar-refractivity contribution in [2.24, 2.45) is 10.8 Å². The molecule has 0 spiro atoms. The van der Waals surface area contributed by atoms with Crippen molar-refractivity contribution in [3.05, 3.63) is 64.9 Å². The molecule has 0 aliphatic carbocycles. The van der Waals surface area contributed by atoms with E-state index < -0.39 is 5.82 Å². The van der Waals surface area contributed by atoms with Gasteiger partial charge in [-0.15, -0.1) is 0 Å². The predicted molar refractivity (Wildman–Crippen MR) is 71.4 cm³/mol. The number of benzene rings is 2. The van der Waals surface area contributed by atoms with Crippen molar-refractivity contribution < 1.29 is 4.39 Å². The summed E-state index contributed by atoms with van der Waals surface area (Å²) in [7, 11) is 0. The molecule has 0 saturated carbocycles. The van der Waals surface area contributed by atoms with Crippen LogP contribution in [0.15, 0.2) is 53.5 Å². The molecule has 0 aliphatic heterocycles. The summed E-state index contributed by atoms with van der Waals surface area (Å²) in [6, 6.07) is 13.5. The summed E-state index contributed by atoms with van der Waals surface area (Å²) in [5.74, 6) is 5.09. The van der Waals surface area contributed by atoms with E-state index in [0.717, 1.165) is 0 Å². The molecule has 0 aromatic heterocycles. The first kappa shape index (κ1) is 12.5. The van der Waals surface area contributed by atoms with Gasteiger partial charge in [-0.2, -0.15) is 0 Å². The number of rotatable bonds is 2. The van der Waals surface area contributed by atoms with Gasteiger partial charge in [0.15, 0.2) is 5.84 Å². The number of nitrogens with one attached hydrogen (secondary N) is 1. The summed E-state index contributed by atoms with van der Waals surface area (Å²) >= 11 is 5.95. The fourth-order valence-electron chi connectivity index (χ4n) is 1.52. The topological polar surface area (TPSA) is 50.4 Å². The molecule has 2 aromatic rings. The average molecular weight is 264 g/mol. The van der Waals surface area contributed by atoms with Crippen LogP contribution in [0.25, 0.3) is 0 Å². The number of hydrogen-bond acceptors (Lipinski definition) is 2. The largest absolute Gasteiger partial charge is 0.308 e. The van der Waals surface area contributed by atoms with Gasteiger partial charge >= 0.3 is 0 Å². The Labute approximate surface area is 109 Å². The van der Waals surface area contributed by atoms with Crippen molar-refractivity contribution >= 4 is 23.1 Å². The van der Waals surface area contributed by atoms with E-state index >= 15 is 0 Å². The SMILES string of the molecule is NNC(=Nc1ccccc1)c1c(F)cccc1Cl. The zero-order valence-electron chi connectivity index (χ0n) is 9.40. The lowest BCUT2D eigenvalue weighted by Gasteiger charge is -2.08. The summed E-state index contributed by atoms with van der Waals surface area (Å²) in [5, 5.41) is 0.252. The summed E-state index contributed by atoms with van der Waals surface area (Å²) in [6.45, 7) is 0. The van der Waals surface area contributed by atoms with Crippen molar-refractivity contribution in [2.75, 3.05) is 0 Å². The van der Waals surface area contributed by atoms with Crippen LogP contribution in [-0.4, -0.2) is 5.84 Å². The van der Waals surface area contributed by atoms with Crippen LogP contribution in [0.2, 0.25) is 5.02 Å². The molecule has 0 bridgehead atoms. The quantitative estimate of drug-likeness (QED) is 0.379. The molecule has 0 fully saturated rings. The standard InChI is InChI=1S/C13H11ClFN3/c14-10-7-4-8-11(15)12(10)13(18-16)17-9-5-2-1-3-6-9/h1-8H,16H2,(H,17,18). The number of nitrogens with two attached hydrogens (primary N) is 1. The highest BCUT2D eigenvalue weighted by atomic mass is 35.5. The Morgan fingerprint density at radius 3 is 2.44 bits per heavy atom. The molecule has 5 heteroatoms. The van der Waals surface area contributed by atoms with E-state index in [4.69, 9.17) is 17.4 Å². The molecule has 2 aromatic carbocycles. The first-order valence-electron chi connectivity index (χ1n) is 5.27. The van der Waals surface area contributed by atoms with E-state index in [1.165, 1.54) is 12.1 Å². The maximum Gasteiger partial charge on any atom is 0.152 e. The molecule has 92 valence electrons. The third-order valence-corrected chi connectivity index (χ3v) is 2.65. The molecule has 0 saturated heterocycles. The summed E-state index contributed by atoms with van der Waals surface area (Å²) in [4.78, 5) is 4.23. The first-order valence-corrected chi connectivity index (χ1v) is 5.65. The molecule has 0 unspecified atom stereocenters. The van der Waals surface area contributed by atoms with Crippen LogP contribution in [0.3, 0.4) is 0 Å². The molecule has 0 radical (unpaired) electrons. The van der Waals surface area contributed by atoms with Crippen molar-refractivity contribution in [3.63, 3.8) is 0 Å². The molecule has 3 N–H and O–H groups in total. The fourth-order valence-corrected chi connectivity index (χ4v) is 1.77. The zero-order chi connectivity index (χ0) is 13.0. The normalized spacial score (nSPS) is 11.4. The Balaban J connectivity index is 2.49. The van der Waals surface area contributed by atoms with Crippen LogP contribution < -0.4 is 11.3 Å². The minimum atomic E-state index is -0.477. The lowest BCUT2D eigenvalue weighted by molar-refractivity contribution is 0.624. The molecule has 2 rings (SSSR count). The van der Waals surface area contributed by atoms with E-state index in [0.29, 0.717) is 5.69 Å². The summed E-state index contributed by atoms with van der Waals surface area (Å²) in [5.41, 5.74) is 3.19. The number of para-hydroxylation sites is 1. The number of halogens is 2. The molecule has 0 aliphatic rings. The minimum Gasteiger partial charge on any atom is -0.308 e. The Hall–Kier alpha value is -1.91. The number of hydrazine groups is 1. The van der Waals surface area contributed by atoms with E-state index in [1.54, 1.807) is 18.2 Å². The molecule has 18 heavy (non-hydrogen) atoms. The Morgan fingerprint density at radius 2 is 1.83 bits per heavy atom. The van der Waals surface area contributed by atoms with E-state index in [2.05, 4.69) is 10.4 Å². The number of hydrogen-bond donors (Lipinski definition) is 2. The Kier molecular flexibility index (Phi) is 3.92. The predicted octanol–water partition coefficient (Wildman–Crippen LogP) is 3.02. The van der Waals surface area contributed by atoms with E-state index in [-0.39, 0.29) is 16.4 Å². The van der Waals surface area contributed by atoms with Crippen LogP contribution in [0, 0.1) is 5.82 Å². The van der Waals surface area contributed by atoms with Crippen molar-refractivity contribution in [3.8, 4) is 0 Å². The van der Waals surface area contributed by atoms with E-state index in [1.807, 2.05) is 18.2 Å². The van der Waals surface area contributed by atoms with Gasteiger partial charge in [-0.05, 0) is 24.3 Å². The van der Waals surface area contributed by atoms with Crippen molar-refractivity contribution in [1.82, 2.24) is 5.43 Å². The second-order valence-electron chi connectivity index (χ2n) is 3.54. The Bertz CT molecular complexity index is 549. The number of amidine groups is 1. The molecule has 0 amide bonds. The van der Waals surface area contributed by atoms with Gasteiger partial charge in [0.25, 0.3) is 0 Å². The van der Waals surface area contributed by atoms with Gasteiger partial charge < -0.3 is 5.43 Å². The lowest BCUT2D eigenvalue weighted by Crippen LogP contribution is -2.31. The molecule has 0 heterocycles. The highest BCUT2D eigenvalue weighted by Gasteiger charge is 2.12. The van der Waals surface area contributed by atoms with Crippen molar-refractivity contribution in [2.45, 2.75) is 0 Å². The molecular weight excluding hydrogens is 253 g/mol. The second kappa shape index (κ2) is 5.62. The van der Waals surface area contributed by atoms with Crippen LogP contribution in [0.1, 0.15) is 5.56 Å². The monoisotopic (exact) mass is 263 g/mol. The van der Waals surface area contributed by atoms with Crippen LogP contribution in [0.5, 0.6) is 0 Å². The van der Waals surface area contributed by atoms with Gasteiger partial charge in [0, 0.05) is 0 Å². The minimum absolute atomic E-state index is 0.158. The summed E-state index contributed by atoms with van der Waals surface area (Å²) < 4.78 is 13.7. The van der Waals surface area contributed by atoms with Gasteiger partial charge in [0.05, 0.1) is 16.3 Å². The van der Waals surface area contributed by atoms with E-state index in [9.17, 15) is 4.39 Å². The maximum atomic E-state index is 13.7. The average Bonchev–Trinajstić information content (AvgIpc) is 2.38. The lowest BCUT2D eigenvalue weighted by atomic mass is 10.2. The van der Waals surface area contributed by atoms with Gasteiger partial charge in [0.2, 0.25) is 0 Å². The fraction of sp³-hybridized carbons (Fsp3) is 0. The third kappa shape index (κ3) is 2.67. The number of nitrogens with zero attached hydrogens (tertiary/aromatic N) is 1. The number of aliphatic imine (C=N–C) groups is 1. The first-order chi connectivity index (χ1) is 8.72. The van der Waals surface area contributed by atoms with Gasteiger partial charge in [0.1, 0.15) is 5.82 Å². The van der Waals surface area contributed by atoms with Crippen molar-refractivity contribution in [1.29, 1.82) is 0 Å². The van der Waals surface area contributed by atoms with Gasteiger partial charge in [-0.25, -0.2) is 15.2 Å². The second-order valence-corrected chi connectivity index (χ2v) is 3.94. The van der Waals surface area contributed by atoms with Gasteiger partial charge in [-0.3, -0.25) is 0 Å². The van der Waals surface area contributed by atoms with Crippen LogP contribution in [-0.2, 0) is 0 Å². The molecule has 0 atom stereocenters. The third-order valence-electron chi connectivity index (χ3n) is 2.33. The Morgan fingerprint density at radius 1 is 1.11 bits per heavy atom.